The number of pyridine rings is 1. The lowest BCUT2D eigenvalue weighted by Crippen LogP contribution is -1.97. The van der Waals surface area contributed by atoms with Gasteiger partial charge in [0.15, 0.2) is 0 Å². The van der Waals surface area contributed by atoms with E-state index in [0.29, 0.717) is 0 Å². The second-order valence-electron chi connectivity index (χ2n) is 11.3. The first-order valence-corrected chi connectivity index (χ1v) is 14.4. The Balaban J connectivity index is 1.08. The number of benzene rings is 7. The molecule has 3 aromatic heterocycles. The molecule has 0 spiro atoms. The second-order valence-corrected chi connectivity index (χ2v) is 11.3. The van der Waals surface area contributed by atoms with Crippen LogP contribution in [0.15, 0.2) is 140 Å². The van der Waals surface area contributed by atoms with Crippen LogP contribution < -0.4 is 0 Å². The Labute approximate surface area is 241 Å². The van der Waals surface area contributed by atoms with Crippen LogP contribution >= 0.6 is 0 Å². The fraction of sp³-hybridized carbons (Fsp3) is 0. The second kappa shape index (κ2) is 7.96. The molecule has 0 unspecified atom stereocenters. The van der Waals surface area contributed by atoms with Crippen molar-refractivity contribution >= 4 is 65.2 Å². The maximum atomic E-state index is 4.99. The van der Waals surface area contributed by atoms with E-state index in [1.807, 2.05) is 6.20 Å². The van der Waals surface area contributed by atoms with E-state index in [4.69, 9.17) is 4.98 Å². The normalized spacial score (nSPS) is 12.3. The van der Waals surface area contributed by atoms with E-state index < -0.39 is 0 Å². The van der Waals surface area contributed by atoms with Crippen molar-refractivity contribution < 1.29 is 0 Å². The Hall–Kier alpha value is -5.67. The molecule has 42 heavy (non-hydrogen) atoms. The van der Waals surface area contributed by atoms with Gasteiger partial charge in [-0.25, -0.2) is 4.98 Å². The summed E-state index contributed by atoms with van der Waals surface area (Å²) < 4.78 is 4.69. The predicted octanol–water partition coefficient (Wildman–Crippen LogP) is 10.1. The Morgan fingerprint density at radius 3 is 1.21 bits per heavy atom. The molecule has 0 N–H and O–H groups in total. The van der Waals surface area contributed by atoms with Crippen LogP contribution in [0, 0.1) is 0 Å². The van der Waals surface area contributed by atoms with Gasteiger partial charge in [-0.3, -0.25) is 4.57 Å². The fourth-order valence-electron chi connectivity index (χ4n) is 7.26. The van der Waals surface area contributed by atoms with Crippen LogP contribution in [0.4, 0.5) is 0 Å². The minimum atomic E-state index is 0.933. The number of rotatable bonds is 3. The summed E-state index contributed by atoms with van der Waals surface area (Å²) in [5.41, 5.74) is 8.30. The molecule has 0 aliphatic rings. The number of hydrogen-bond donors (Lipinski definition) is 0. The minimum Gasteiger partial charge on any atom is -0.309 e. The molecule has 0 fully saturated rings. The number of aromatic nitrogens is 3. The molecular formula is C39H23N3. The van der Waals surface area contributed by atoms with Crippen LogP contribution in [0.5, 0.6) is 0 Å². The predicted molar refractivity (Wildman–Crippen MR) is 176 cm³/mol. The monoisotopic (exact) mass is 533 g/mol. The average molecular weight is 534 g/mol. The van der Waals surface area contributed by atoms with Crippen LogP contribution in [0.1, 0.15) is 0 Å². The summed E-state index contributed by atoms with van der Waals surface area (Å²) in [4.78, 5) is 4.99. The van der Waals surface area contributed by atoms with E-state index in [1.54, 1.807) is 0 Å². The number of hydrogen-bond acceptors (Lipinski definition) is 1. The quantitative estimate of drug-likeness (QED) is 0.207. The SMILES string of the molecule is c1cc2ccc3cccc4c3c2c(c1)n4-c1ccc(-c2ccc(-n3c4cccc5ccc6cccc3c6c54)nc2)cc1. The molecule has 194 valence electrons. The van der Waals surface area contributed by atoms with Gasteiger partial charge in [0.05, 0.1) is 22.1 Å². The van der Waals surface area contributed by atoms with Gasteiger partial charge >= 0.3 is 0 Å². The first-order valence-electron chi connectivity index (χ1n) is 14.4. The molecule has 0 aliphatic carbocycles. The molecule has 10 aromatic rings. The molecule has 0 amide bonds. The lowest BCUT2D eigenvalue weighted by atomic mass is 10.0. The zero-order chi connectivity index (χ0) is 27.4. The summed E-state index contributed by atoms with van der Waals surface area (Å²) in [5, 5.41) is 10.4. The van der Waals surface area contributed by atoms with Gasteiger partial charge in [0.2, 0.25) is 0 Å². The van der Waals surface area contributed by atoms with E-state index >= 15 is 0 Å². The summed E-state index contributed by atoms with van der Waals surface area (Å²) in [6.45, 7) is 0. The zero-order valence-electron chi connectivity index (χ0n) is 22.6. The van der Waals surface area contributed by atoms with E-state index in [1.165, 1.54) is 65.2 Å². The van der Waals surface area contributed by atoms with Crippen LogP contribution in [-0.2, 0) is 0 Å². The highest BCUT2D eigenvalue weighted by molar-refractivity contribution is 6.25. The van der Waals surface area contributed by atoms with E-state index in [0.717, 1.165) is 22.6 Å². The molecule has 0 radical (unpaired) electrons. The van der Waals surface area contributed by atoms with Gasteiger partial charge in [0.1, 0.15) is 5.82 Å². The van der Waals surface area contributed by atoms with Gasteiger partial charge in [0.25, 0.3) is 0 Å². The van der Waals surface area contributed by atoms with Gasteiger partial charge in [-0.05, 0) is 75.6 Å². The highest BCUT2D eigenvalue weighted by Gasteiger charge is 2.18. The third kappa shape index (κ3) is 2.82. The zero-order valence-corrected chi connectivity index (χ0v) is 22.6. The third-order valence-corrected chi connectivity index (χ3v) is 9.08. The van der Waals surface area contributed by atoms with Crippen molar-refractivity contribution in [3.05, 3.63) is 140 Å². The van der Waals surface area contributed by atoms with Crippen molar-refractivity contribution in [2.24, 2.45) is 0 Å². The molecule has 7 aromatic carbocycles. The highest BCUT2D eigenvalue weighted by atomic mass is 15.1. The lowest BCUT2D eigenvalue weighted by molar-refractivity contribution is 1.08. The van der Waals surface area contributed by atoms with Crippen molar-refractivity contribution in [2.45, 2.75) is 0 Å². The summed E-state index contributed by atoms with van der Waals surface area (Å²) in [6.07, 6.45) is 2.00. The van der Waals surface area contributed by atoms with Gasteiger partial charge in [-0.2, -0.15) is 0 Å². The van der Waals surface area contributed by atoms with Crippen LogP contribution in [-0.4, -0.2) is 14.1 Å². The van der Waals surface area contributed by atoms with Gasteiger partial charge in [-0.15, -0.1) is 0 Å². The van der Waals surface area contributed by atoms with E-state index in [9.17, 15) is 0 Å². The Bertz CT molecular complexity index is 2280. The van der Waals surface area contributed by atoms with Crippen molar-refractivity contribution in [1.29, 1.82) is 0 Å². The van der Waals surface area contributed by atoms with Crippen molar-refractivity contribution in [2.75, 3.05) is 0 Å². The van der Waals surface area contributed by atoms with E-state index in [2.05, 4.69) is 143 Å². The molecule has 0 bridgehead atoms. The molecule has 10 rings (SSSR count). The first kappa shape index (κ1) is 22.1. The van der Waals surface area contributed by atoms with Crippen molar-refractivity contribution in [1.82, 2.24) is 14.1 Å². The summed E-state index contributed by atoms with van der Waals surface area (Å²) >= 11 is 0. The van der Waals surface area contributed by atoms with Crippen LogP contribution in [0.3, 0.4) is 0 Å². The minimum absolute atomic E-state index is 0.933. The maximum absolute atomic E-state index is 4.99. The summed E-state index contributed by atoms with van der Waals surface area (Å²) in [7, 11) is 0. The summed E-state index contributed by atoms with van der Waals surface area (Å²) in [6, 6.07) is 48.4. The van der Waals surface area contributed by atoms with Crippen molar-refractivity contribution in [3.8, 4) is 22.6 Å². The third-order valence-electron chi connectivity index (χ3n) is 9.08. The molecule has 3 heteroatoms. The smallest absolute Gasteiger partial charge is 0.137 e. The first-order chi connectivity index (χ1) is 20.8. The summed E-state index contributed by atoms with van der Waals surface area (Å²) in [5.74, 6) is 0.933. The molecule has 0 saturated heterocycles. The van der Waals surface area contributed by atoms with Crippen LogP contribution in [0.2, 0.25) is 0 Å². The largest absolute Gasteiger partial charge is 0.309 e. The standard InChI is InChI=1S/C39H23N3/c1-5-25-13-14-26-6-2-10-32-37(26)36(25)31(9-1)41(32)30-20-17-24(18-21-30)29-19-22-35(40-23-29)42-33-11-3-7-27-15-16-28-8-4-12-34(42)39(28)38(27)33/h1-23H. The average Bonchev–Trinajstić information content (AvgIpc) is 3.58. The Kier molecular flexibility index (Phi) is 4.18. The Morgan fingerprint density at radius 1 is 0.357 bits per heavy atom. The van der Waals surface area contributed by atoms with Crippen LogP contribution in [0.25, 0.3) is 87.8 Å². The molecular weight excluding hydrogens is 510 g/mol. The fourth-order valence-corrected chi connectivity index (χ4v) is 7.26. The topological polar surface area (TPSA) is 22.8 Å². The lowest BCUT2D eigenvalue weighted by Gasteiger charge is -2.10. The molecule has 0 saturated carbocycles. The van der Waals surface area contributed by atoms with E-state index in [-0.39, 0.29) is 0 Å². The molecule has 0 atom stereocenters. The molecule has 0 aliphatic heterocycles. The highest BCUT2D eigenvalue weighted by Crippen LogP contribution is 2.40. The van der Waals surface area contributed by atoms with Gasteiger partial charge < -0.3 is 4.57 Å². The maximum Gasteiger partial charge on any atom is 0.137 e. The Morgan fingerprint density at radius 2 is 0.786 bits per heavy atom. The van der Waals surface area contributed by atoms with Crippen molar-refractivity contribution in [3.63, 3.8) is 0 Å². The van der Waals surface area contributed by atoms with Gasteiger partial charge in [-0.1, -0.05) is 84.9 Å². The molecule has 3 nitrogen and oxygen atoms in total. The molecule has 3 heterocycles. The number of nitrogens with zero attached hydrogens (tertiary/aromatic N) is 3. The van der Waals surface area contributed by atoms with Gasteiger partial charge in [0, 0.05) is 39.0 Å².